The van der Waals surface area contributed by atoms with Gasteiger partial charge in [-0.1, -0.05) is 58.0 Å². The van der Waals surface area contributed by atoms with E-state index in [0.29, 0.717) is 6.42 Å². The zero-order chi connectivity index (χ0) is 40.4. The first-order chi connectivity index (χ1) is 25.9. The highest BCUT2D eigenvalue weighted by molar-refractivity contribution is 6.00. The highest BCUT2D eigenvalue weighted by atomic mass is 16.7. The van der Waals surface area contributed by atoms with Crippen LogP contribution in [0.5, 0.6) is 0 Å². The van der Waals surface area contributed by atoms with Gasteiger partial charge >= 0.3 is 12.1 Å². The minimum absolute atomic E-state index is 0.0612. The van der Waals surface area contributed by atoms with E-state index in [1.807, 2.05) is 68.4 Å². The molecule has 0 unspecified atom stereocenters. The molecule has 3 aliphatic heterocycles. The molecule has 55 heavy (non-hydrogen) atoms. The summed E-state index contributed by atoms with van der Waals surface area (Å²) in [5.41, 5.74) is -1.00. The van der Waals surface area contributed by atoms with Crippen molar-refractivity contribution in [3.63, 3.8) is 0 Å². The Morgan fingerprint density at radius 1 is 1.04 bits per heavy atom. The highest BCUT2D eigenvalue weighted by Gasteiger charge is 2.57. The monoisotopic (exact) mass is 765 g/mol. The van der Waals surface area contributed by atoms with Crippen LogP contribution in [-0.2, 0) is 38.1 Å². The number of hydrogen-bond acceptors (Lipinski definition) is 12. The van der Waals surface area contributed by atoms with Crippen molar-refractivity contribution in [3.05, 3.63) is 48.2 Å². The molecule has 2 aromatic rings. The summed E-state index contributed by atoms with van der Waals surface area (Å²) < 4.78 is 31.4. The van der Waals surface area contributed by atoms with Gasteiger partial charge in [-0.05, 0) is 78.7 Å². The minimum atomic E-state index is -1.38. The van der Waals surface area contributed by atoms with Crippen molar-refractivity contribution < 1.29 is 48.0 Å². The van der Waals surface area contributed by atoms with Crippen molar-refractivity contribution in [1.29, 1.82) is 0 Å². The number of aliphatic hydroxyl groups is 1. The average Bonchev–Trinajstić information content (AvgIpc) is 3.47. The van der Waals surface area contributed by atoms with Crippen molar-refractivity contribution >= 4 is 40.6 Å². The van der Waals surface area contributed by atoms with E-state index in [-0.39, 0.29) is 37.4 Å². The third kappa shape index (κ3) is 8.96. The molecule has 13 heteroatoms. The van der Waals surface area contributed by atoms with E-state index in [0.717, 1.165) is 16.5 Å². The van der Waals surface area contributed by atoms with Crippen molar-refractivity contribution in [2.45, 2.75) is 129 Å². The molecule has 0 bridgehead atoms. The lowest BCUT2D eigenvalue weighted by Crippen LogP contribution is -2.60. The molecule has 3 fully saturated rings. The largest absolute Gasteiger partial charge is 0.458 e. The molecular formula is C42H59N3O10. The standard InChI is InChI=1S/C42H59N3O10/c1-11-32-42(8)36(44-40(50)55-42)25(4)33(46)23(2)21-41(7,51-18-14-15-28-20-29-16-12-13-17-30(29)43-22-28)37(26(5)34(47)27(6)38(49)53-32)54-39-35(48)31(45(9)10)19-24(3)52-39/h12-17,20,22-27,31-32,35-37,39,48H,11,18-19,21H2,1-10H3,(H,44,50)/b15-14+/t23-,24+,25+,26-,27+,31-,32+,35-,36-,37-,39-,41+,42-/m0/s1. The number of benzene rings is 1. The normalized spacial score (nSPS) is 38.1. The van der Waals surface area contributed by atoms with Gasteiger partial charge < -0.3 is 39.0 Å². The molecular weight excluding hydrogens is 706 g/mol. The summed E-state index contributed by atoms with van der Waals surface area (Å²) >= 11 is 0. The van der Waals surface area contributed by atoms with Gasteiger partial charge in [0.25, 0.3) is 0 Å². The van der Waals surface area contributed by atoms with Crippen molar-refractivity contribution in [2.24, 2.45) is 23.7 Å². The Morgan fingerprint density at radius 3 is 2.44 bits per heavy atom. The number of Topliss-reactive ketones (excluding diaryl/α,β-unsaturated/α-hetero) is 2. The van der Waals surface area contributed by atoms with Crippen LogP contribution in [0.4, 0.5) is 4.79 Å². The van der Waals surface area contributed by atoms with Crippen LogP contribution in [0.3, 0.4) is 0 Å². The molecule has 4 heterocycles. The molecule has 1 aromatic carbocycles. The summed E-state index contributed by atoms with van der Waals surface area (Å²) in [7, 11) is 3.74. The predicted octanol–water partition coefficient (Wildman–Crippen LogP) is 5.11. The Morgan fingerprint density at radius 2 is 1.75 bits per heavy atom. The Bertz CT molecular complexity index is 1750. The molecule has 3 saturated heterocycles. The van der Waals surface area contributed by atoms with E-state index in [9.17, 15) is 24.3 Å². The molecule has 0 aliphatic carbocycles. The Hall–Kier alpha value is -3.75. The molecule has 13 atom stereocenters. The number of amides is 1. The fraction of sp³-hybridized carbons (Fsp3) is 0.643. The third-order valence-corrected chi connectivity index (χ3v) is 11.9. The number of likely N-dealkylation sites (N-methyl/N-ethyl adjacent to an activating group) is 1. The maximum absolute atomic E-state index is 14.4. The number of pyridine rings is 1. The number of alkyl carbamates (subject to hydrolysis) is 1. The summed E-state index contributed by atoms with van der Waals surface area (Å²) in [6, 6.07) is 8.70. The van der Waals surface area contributed by atoms with E-state index in [2.05, 4.69) is 10.3 Å². The number of aliphatic hydroxyl groups excluding tert-OH is 1. The van der Waals surface area contributed by atoms with Gasteiger partial charge in [0.15, 0.2) is 17.7 Å². The molecule has 0 spiro atoms. The van der Waals surface area contributed by atoms with Gasteiger partial charge in [-0.3, -0.25) is 19.4 Å². The van der Waals surface area contributed by atoms with Crippen LogP contribution in [0, 0.1) is 23.7 Å². The third-order valence-electron chi connectivity index (χ3n) is 11.9. The minimum Gasteiger partial charge on any atom is -0.458 e. The summed E-state index contributed by atoms with van der Waals surface area (Å²) in [4.78, 5) is 61.8. The first-order valence-electron chi connectivity index (χ1n) is 19.5. The van der Waals surface area contributed by atoms with Gasteiger partial charge in [0.1, 0.15) is 23.9 Å². The number of cyclic esters (lactones) is 1. The Kier molecular flexibility index (Phi) is 13.2. The summed E-state index contributed by atoms with van der Waals surface area (Å²) in [6.07, 6.45) is 1.12. The second kappa shape index (κ2) is 17.2. The topological polar surface area (TPSA) is 163 Å². The number of carbonyl (C=O) groups excluding carboxylic acids is 4. The van der Waals surface area contributed by atoms with Gasteiger partial charge in [-0.15, -0.1) is 0 Å². The molecule has 5 rings (SSSR count). The van der Waals surface area contributed by atoms with Crippen LogP contribution in [0.2, 0.25) is 0 Å². The van der Waals surface area contributed by atoms with Crippen LogP contribution in [0.15, 0.2) is 42.6 Å². The maximum atomic E-state index is 14.4. The van der Waals surface area contributed by atoms with Gasteiger partial charge in [0.2, 0.25) is 0 Å². The number of ether oxygens (including phenoxy) is 5. The molecule has 302 valence electrons. The lowest BCUT2D eigenvalue weighted by atomic mass is 9.73. The molecule has 1 amide bonds. The van der Waals surface area contributed by atoms with E-state index >= 15 is 0 Å². The SMILES string of the molecule is CC[C@H]1OC(=O)[C@H](C)C(=O)[C@H](C)[C@H](O[C@@H]2O[C@H](C)C[C@H](N(C)C)[C@@H]2O)[C@](C)(OC/C=C/c2cnc3ccccc3c2)C[C@H](C)C(=O)[C@@H](C)[C@@H]2NC(=O)O[C@@]12C. The fourth-order valence-corrected chi connectivity index (χ4v) is 8.73. The molecule has 0 radical (unpaired) electrons. The lowest BCUT2D eigenvalue weighted by Gasteiger charge is -2.47. The lowest BCUT2D eigenvalue weighted by molar-refractivity contribution is -0.296. The fourth-order valence-electron chi connectivity index (χ4n) is 8.73. The van der Waals surface area contributed by atoms with Gasteiger partial charge in [-0.25, -0.2) is 4.79 Å². The van der Waals surface area contributed by atoms with Gasteiger partial charge in [-0.2, -0.15) is 0 Å². The number of aromatic nitrogens is 1. The van der Waals surface area contributed by atoms with Crippen molar-refractivity contribution in [3.8, 4) is 0 Å². The zero-order valence-corrected chi connectivity index (χ0v) is 33.8. The number of rotatable bonds is 8. The Labute approximate surface area is 324 Å². The second-order valence-corrected chi connectivity index (χ2v) is 16.4. The first kappa shape index (κ1) is 42.4. The molecule has 0 saturated carbocycles. The number of esters is 1. The smallest absolute Gasteiger partial charge is 0.408 e. The highest BCUT2D eigenvalue weighted by Crippen LogP contribution is 2.40. The summed E-state index contributed by atoms with van der Waals surface area (Å²) in [5.74, 6) is -5.12. The number of fused-ring (bicyclic) bond motifs is 2. The van der Waals surface area contributed by atoms with E-state index in [1.54, 1.807) is 47.7 Å². The van der Waals surface area contributed by atoms with Crippen LogP contribution in [-0.4, -0.2) is 113 Å². The van der Waals surface area contributed by atoms with Crippen LogP contribution in [0.25, 0.3) is 17.0 Å². The molecule has 13 nitrogen and oxygen atoms in total. The quantitative estimate of drug-likeness (QED) is 0.270. The molecule has 2 N–H and O–H groups in total. The van der Waals surface area contributed by atoms with Gasteiger partial charge in [0, 0.05) is 35.4 Å². The molecule has 3 aliphatic rings. The maximum Gasteiger partial charge on any atom is 0.408 e. The number of hydrogen-bond donors (Lipinski definition) is 2. The first-order valence-corrected chi connectivity index (χ1v) is 19.5. The van der Waals surface area contributed by atoms with Crippen LogP contribution < -0.4 is 5.32 Å². The van der Waals surface area contributed by atoms with E-state index < -0.39 is 83.4 Å². The van der Waals surface area contributed by atoms with Crippen LogP contribution in [0.1, 0.15) is 80.2 Å². The van der Waals surface area contributed by atoms with Gasteiger partial charge in [0.05, 0.1) is 36.0 Å². The number of para-hydroxylation sites is 1. The second-order valence-electron chi connectivity index (χ2n) is 16.4. The number of nitrogens with one attached hydrogen (secondary N) is 1. The summed E-state index contributed by atoms with van der Waals surface area (Å²) in [6.45, 7) is 13.8. The number of carbonyl (C=O) groups is 4. The van der Waals surface area contributed by atoms with E-state index in [1.165, 1.54) is 6.92 Å². The van der Waals surface area contributed by atoms with E-state index in [4.69, 9.17) is 23.7 Å². The Balaban J connectivity index is 1.56. The summed E-state index contributed by atoms with van der Waals surface area (Å²) in [5, 5.41) is 15.4. The predicted molar refractivity (Wildman–Crippen MR) is 206 cm³/mol. The van der Waals surface area contributed by atoms with Crippen molar-refractivity contribution in [2.75, 3.05) is 20.7 Å². The van der Waals surface area contributed by atoms with Crippen LogP contribution >= 0.6 is 0 Å². The van der Waals surface area contributed by atoms with Crippen molar-refractivity contribution in [1.82, 2.24) is 15.2 Å². The number of nitrogens with zero attached hydrogens (tertiary/aromatic N) is 2. The zero-order valence-electron chi connectivity index (χ0n) is 33.8. The average molecular weight is 766 g/mol. The number of ketones is 2. The molecule has 1 aromatic heterocycles.